The summed E-state index contributed by atoms with van der Waals surface area (Å²) in [5, 5.41) is 0. The summed E-state index contributed by atoms with van der Waals surface area (Å²) in [6.07, 6.45) is 0. The fraction of sp³-hybridized carbons (Fsp3) is 0.625. The lowest BCUT2D eigenvalue weighted by Crippen LogP contribution is -2.49. The SMILES string of the molecule is Cc1cc(C(C)(C)C)cc(C)c1C1(CS)COC1. The van der Waals surface area contributed by atoms with Gasteiger partial charge in [0.2, 0.25) is 0 Å². The highest BCUT2D eigenvalue weighted by molar-refractivity contribution is 7.80. The third kappa shape index (κ3) is 2.21. The number of rotatable bonds is 2. The molecule has 0 amide bonds. The molecule has 1 saturated heterocycles. The minimum absolute atomic E-state index is 0.147. The Morgan fingerprint density at radius 1 is 1.17 bits per heavy atom. The second kappa shape index (κ2) is 4.57. The molecule has 2 rings (SSSR count). The summed E-state index contributed by atoms with van der Waals surface area (Å²) in [6.45, 7) is 12.9. The van der Waals surface area contributed by atoms with Crippen LogP contribution in [0.5, 0.6) is 0 Å². The Bertz CT molecular complexity index is 424. The highest BCUT2D eigenvalue weighted by Gasteiger charge is 2.41. The number of thiol groups is 1. The van der Waals surface area contributed by atoms with Crippen molar-refractivity contribution in [2.75, 3.05) is 19.0 Å². The Hall–Kier alpha value is -0.470. The van der Waals surface area contributed by atoms with Gasteiger partial charge in [-0.3, -0.25) is 0 Å². The van der Waals surface area contributed by atoms with E-state index in [1.54, 1.807) is 0 Å². The predicted octanol–water partition coefficient (Wildman–Crippen LogP) is 3.80. The van der Waals surface area contributed by atoms with Crippen molar-refractivity contribution >= 4 is 12.6 Å². The van der Waals surface area contributed by atoms with Gasteiger partial charge < -0.3 is 4.74 Å². The summed E-state index contributed by atoms with van der Waals surface area (Å²) in [7, 11) is 0. The van der Waals surface area contributed by atoms with Crippen LogP contribution in [-0.4, -0.2) is 19.0 Å². The van der Waals surface area contributed by atoms with Crippen molar-refractivity contribution in [3.05, 3.63) is 34.4 Å². The molecule has 1 aromatic rings. The molecule has 0 radical (unpaired) electrons. The lowest BCUT2D eigenvalue weighted by atomic mass is 9.74. The van der Waals surface area contributed by atoms with Crippen LogP contribution in [-0.2, 0) is 15.6 Å². The Kier molecular flexibility index (Phi) is 3.54. The van der Waals surface area contributed by atoms with E-state index in [0.717, 1.165) is 19.0 Å². The first kappa shape index (κ1) is 14.0. The van der Waals surface area contributed by atoms with E-state index in [2.05, 4.69) is 59.4 Å². The van der Waals surface area contributed by atoms with Crippen LogP contribution in [0.15, 0.2) is 12.1 Å². The van der Waals surface area contributed by atoms with E-state index in [9.17, 15) is 0 Å². The van der Waals surface area contributed by atoms with Crippen LogP contribution in [0.25, 0.3) is 0 Å². The summed E-state index contributed by atoms with van der Waals surface area (Å²) in [5.41, 5.74) is 5.99. The molecule has 0 unspecified atom stereocenters. The maximum absolute atomic E-state index is 5.44. The van der Waals surface area contributed by atoms with Crippen molar-refractivity contribution in [2.24, 2.45) is 0 Å². The van der Waals surface area contributed by atoms with E-state index in [4.69, 9.17) is 4.74 Å². The molecule has 100 valence electrons. The number of ether oxygens (including phenoxy) is 1. The van der Waals surface area contributed by atoms with Gasteiger partial charge in [0.15, 0.2) is 0 Å². The Balaban J connectivity index is 2.51. The summed E-state index contributed by atoms with van der Waals surface area (Å²) in [4.78, 5) is 0. The van der Waals surface area contributed by atoms with Gasteiger partial charge >= 0.3 is 0 Å². The summed E-state index contributed by atoms with van der Waals surface area (Å²) < 4.78 is 5.44. The zero-order valence-electron chi connectivity index (χ0n) is 12.1. The van der Waals surface area contributed by atoms with Gasteiger partial charge in [0, 0.05) is 5.75 Å². The fourth-order valence-corrected chi connectivity index (χ4v) is 3.24. The first-order valence-electron chi connectivity index (χ1n) is 6.61. The molecular formula is C16H24OS. The Morgan fingerprint density at radius 3 is 1.94 bits per heavy atom. The molecule has 2 heteroatoms. The molecule has 0 N–H and O–H groups in total. The van der Waals surface area contributed by atoms with Crippen molar-refractivity contribution in [3.63, 3.8) is 0 Å². The van der Waals surface area contributed by atoms with E-state index in [1.165, 1.54) is 22.3 Å². The van der Waals surface area contributed by atoms with Crippen LogP contribution in [0, 0.1) is 13.8 Å². The molecular weight excluding hydrogens is 240 g/mol. The van der Waals surface area contributed by atoms with Gasteiger partial charge in [0.1, 0.15) is 0 Å². The van der Waals surface area contributed by atoms with Crippen molar-refractivity contribution < 1.29 is 4.74 Å². The van der Waals surface area contributed by atoms with Gasteiger partial charge in [-0.05, 0) is 41.5 Å². The third-order valence-corrected chi connectivity index (χ3v) is 4.59. The first-order chi connectivity index (χ1) is 8.30. The molecule has 1 nitrogen and oxygen atoms in total. The van der Waals surface area contributed by atoms with Crippen LogP contribution < -0.4 is 0 Å². The molecule has 0 atom stereocenters. The molecule has 1 aliphatic heterocycles. The molecule has 1 heterocycles. The second-order valence-electron chi connectivity index (χ2n) is 6.67. The molecule has 1 aliphatic rings. The molecule has 0 saturated carbocycles. The zero-order valence-corrected chi connectivity index (χ0v) is 13.0. The van der Waals surface area contributed by atoms with Gasteiger partial charge in [-0.25, -0.2) is 0 Å². The second-order valence-corrected chi connectivity index (χ2v) is 6.98. The monoisotopic (exact) mass is 264 g/mol. The summed E-state index contributed by atoms with van der Waals surface area (Å²) in [6, 6.07) is 4.68. The van der Waals surface area contributed by atoms with Crippen molar-refractivity contribution in [3.8, 4) is 0 Å². The quantitative estimate of drug-likeness (QED) is 0.799. The van der Waals surface area contributed by atoms with Gasteiger partial charge in [0.05, 0.1) is 18.6 Å². The lowest BCUT2D eigenvalue weighted by molar-refractivity contribution is -0.0476. The van der Waals surface area contributed by atoms with Gasteiger partial charge in [-0.1, -0.05) is 32.9 Å². The van der Waals surface area contributed by atoms with E-state index in [-0.39, 0.29) is 10.8 Å². The van der Waals surface area contributed by atoms with Crippen molar-refractivity contribution in [2.45, 2.75) is 45.4 Å². The van der Waals surface area contributed by atoms with Crippen molar-refractivity contribution in [1.29, 1.82) is 0 Å². The maximum Gasteiger partial charge on any atom is 0.0593 e. The minimum Gasteiger partial charge on any atom is -0.379 e. The first-order valence-corrected chi connectivity index (χ1v) is 7.24. The van der Waals surface area contributed by atoms with E-state index in [0.29, 0.717) is 0 Å². The number of benzene rings is 1. The molecule has 0 aliphatic carbocycles. The maximum atomic E-state index is 5.44. The summed E-state index contributed by atoms with van der Waals surface area (Å²) >= 11 is 4.54. The van der Waals surface area contributed by atoms with Crippen LogP contribution in [0.2, 0.25) is 0 Å². The molecule has 0 bridgehead atoms. The van der Waals surface area contributed by atoms with Gasteiger partial charge in [-0.15, -0.1) is 0 Å². The number of hydrogen-bond donors (Lipinski definition) is 1. The average molecular weight is 264 g/mol. The number of aryl methyl sites for hydroxylation is 2. The van der Waals surface area contributed by atoms with E-state index < -0.39 is 0 Å². The lowest BCUT2D eigenvalue weighted by Gasteiger charge is -2.43. The zero-order chi connectivity index (χ0) is 13.6. The third-order valence-electron chi connectivity index (χ3n) is 3.99. The van der Waals surface area contributed by atoms with Crippen LogP contribution in [0.1, 0.15) is 43.0 Å². The largest absolute Gasteiger partial charge is 0.379 e. The highest BCUT2D eigenvalue weighted by Crippen LogP contribution is 2.39. The molecule has 18 heavy (non-hydrogen) atoms. The number of hydrogen-bond acceptors (Lipinski definition) is 2. The normalized spacial score (nSPS) is 18.6. The Labute approximate surface area is 116 Å². The van der Waals surface area contributed by atoms with E-state index >= 15 is 0 Å². The summed E-state index contributed by atoms with van der Waals surface area (Å²) in [5.74, 6) is 0.865. The van der Waals surface area contributed by atoms with E-state index in [1.807, 2.05) is 0 Å². The van der Waals surface area contributed by atoms with Crippen molar-refractivity contribution in [1.82, 2.24) is 0 Å². The highest BCUT2D eigenvalue weighted by atomic mass is 32.1. The standard InChI is InChI=1S/C16H24OS/c1-11-6-13(15(3,4)5)7-12(2)14(11)16(10-18)8-17-9-16/h6-7,18H,8-10H2,1-5H3. The predicted molar refractivity (Wildman–Crippen MR) is 81.0 cm³/mol. The smallest absolute Gasteiger partial charge is 0.0593 e. The van der Waals surface area contributed by atoms with Crippen LogP contribution >= 0.6 is 12.6 Å². The Morgan fingerprint density at radius 2 is 1.67 bits per heavy atom. The molecule has 0 aromatic heterocycles. The average Bonchev–Trinajstić information content (AvgIpc) is 2.19. The van der Waals surface area contributed by atoms with Crippen LogP contribution in [0.3, 0.4) is 0 Å². The fourth-order valence-electron chi connectivity index (χ4n) is 2.90. The molecule has 1 aromatic carbocycles. The molecule has 0 spiro atoms. The van der Waals surface area contributed by atoms with Gasteiger partial charge in [0.25, 0.3) is 0 Å². The topological polar surface area (TPSA) is 9.23 Å². The van der Waals surface area contributed by atoms with Gasteiger partial charge in [-0.2, -0.15) is 12.6 Å². The van der Waals surface area contributed by atoms with Crippen LogP contribution in [0.4, 0.5) is 0 Å². The minimum atomic E-state index is 0.147. The molecule has 1 fully saturated rings.